The third kappa shape index (κ3) is 7.23. The lowest BCUT2D eigenvalue weighted by molar-refractivity contribution is -0.163. The zero-order chi connectivity index (χ0) is 27.3. The molecule has 0 aliphatic carbocycles. The molecule has 1 atom stereocenters. The lowest BCUT2D eigenvalue weighted by atomic mass is 9.74. The molecule has 0 aromatic heterocycles. The van der Waals surface area contributed by atoms with Gasteiger partial charge in [0.15, 0.2) is 5.92 Å². The SMILES string of the molecule is CCOC(=O)C(C(=O)OCC)C(CC(=O)N1CCCCC1)c1cc(C(C)(C)C)cc(C(C)(C)C)c1O. The quantitative estimate of drug-likeness (QED) is 0.386. The lowest BCUT2D eigenvalue weighted by Crippen LogP contribution is -2.40. The maximum Gasteiger partial charge on any atom is 0.320 e. The van der Waals surface area contributed by atoms with E-state index in [9.17, 15) is 19.5 Å². The Labute approximate surface area is 216 Å². The molecular formula is C29H45NO6. The van der Waals surface area contributed by atoms with E-state index in [0.29, 0.717) is 24.2 Å². The summed E-state index contributed by atoms with van der Waals surface area (Å²) in [7, 11) is 0. The summed E-state index contributed by atoms with van der Waals surface area (Å²) in [5.41, 5.74) is 1.37. The first-order valence-corrected chi connectivity index (χ1v) is 13.2. The average Bonchev–Trinajstić information content (AvgIpc) is 2.78. The van der Waals surface area contributed by atoms with Gasteiger partial charge < -0.3 is 19.5 Å². The van der Waals surface area contributed by atoms with Crippen LogP contribution in [0, 0.1) is 5.92 Å². The second kappa shape index (κ2) is 12.1. The Kier molecular flexibility index (Phi) is 9.98. The lowest BCUT2D eigenvalue weighted by Gasteiger charge is -2.33. The van der Waals surface area contributed by atoms with Crippen molar-refractivity contribution < 1.29 is 29.0 Å². The number of hydrogen-bond donors (Lipinski definition) is 1. The highest BCUT2D eigenvalue weighted by molar-refractivity contribution is 5.97. The maximum absolute atomic E-state index is 13.5. The number of rotatable bonds is 8. The number of carbonyl (C=O) groups is 3. The minimum atomic E-state index is -1.37. The Morgan fingerprint density at radius 2 is 1.42 bits per heavy atom. The fourth-order valence-electron chi connectivity index (χ4n) is 4.70. The molecule has 202 valence electrons. The highest BCUT2D eigenvalue weighted by Crippen LogP contribution is 2.44. The Morgan fingerprint density at radius 1 is 0.889 bits per heavy atom. The van der Waals surface area contributed by atoms with E-state index < -0.39 is 29.2 Å². The molecule has 1 saturated heterocycles. The van der Waals surface area contributed by atoms with E-state index in [1.807, 2.05) is 32.9 Å². The van der Waals surface area contributed by atoms with Crippen LogP contribution in [0.2, 0.25) is 0 Å². The van der Waals surface area contributed by atoms with Crippen molar-refractivity contribution in [3.63, 3.8) is 0 Å². The summed E-state index contributed by atoms with van der Waals surface area (Å²) in [6, 6.07) is 3.82. The molecule has 2 rings (SSSR count). The summed E-state index contributed by atoms with van der Waals surface area (Å²) in [4.78, 5) is 41.6. The van der Waals surface area contributed by atoms with E-state index in [1.165, 1.54) is 0 Å². The molecule has 0 radical (unpaired) electrons. The molecule has 1 aliphatic heterocycles. The van der Waals surface area contributed by atoms with Gasteiger partial charge in [-0.15, -0.1) is 0 Å². The van der Waals surface area contributed by atoms with Gasteiger partial charge in [0.05, 0.1) is 13.2 Å². The van der Waals surface area contributed by atoms with Gasteiger partial charge >= 0.3 is 11.9 Å². The van der Waals surface area contributed by atoms with Crippen LogP contribution in [0.5, 0.6) is 5.75 Å². The third-order valence-electron chi connectivity index (χ3n) is 6.80. The van der Waals surface area contributed by atoms with Gasteiger partial charge in [0.25, 0.3) is 0 Å². The molecule has 1 aromatic rings. The highest BCUT2D eigenvalue weighted by Gasteiger charge is 2.42. The topological polar surface area (TPSA) is 93.1 Å². The number of piperidine rings is 1. The molecule has 1 aromatic carbocycles. The first kappa shape index (κ1) is 29.7. The van der Waals surface area contributed by atoms with E-state index >= 15 is 0 Å². The number of aromatic hydroxyl groups is 1. The Bertz CT molecular complexity index is 916. The van der Waals surface area contributed by atoms with Crippen LogP contribution >= 0.6 is 0 Å². The van der Waals surface area contributed by atoms with Crippen molar-refractivity contribution in [3.8, 4) is 5.75 Å². The molecule has 1 unspecified atom stereocenters. The number of esters is 2. The van der Waals surface area contributed by atoms with Crippen LogP contribution in [0.4, 0.5) is 0 Å². The summed E-state index contributed by atoms with van der Waals surface area (Å²) in [6.07, 6.45) is 2.82. The van der Waals surface area contributed by atoms with Gasteiger partial charge in [0, 0.05) is 25.4 Å². The summed E-state index contributed by atoms with van der Waals surface area (Å²) in [5, 5.41) is 11.6. The number of ether oxygens (including phenoxy) is 2. The molecule has 0 bridgehead atoms. The Balaban J connectivity index is 2.77. The molecule has 7 heteroatoms. The summed E-state index contributed by atoms with van der Waals surface area (Å²) in [6.45, 7) is 17.0. The number of hydrogen-bond acceptors (Lipinski definition) is 6. The normalized spacial score (nSPS) is 15.5. The smallest absolute Gasteiger partial charge is 0.320 e. The predicted octanol–water partition coefficient (Wildman–Crippen LogP) is 5.22. The number of likely N-dealkylation sites (tertiary alicyclic amines) is 1. The first-order chi connectivity index (χ1) is 16.7. The van der Waals surface area contributed by atoms with Crippen molar-refractivity contribution in [2.24, 2.45) is 5.92 Å². The van der Waals surface area contributed by atoms with Crippen LogP contribution in [-0.2, 0) is 34.7 Å². The fraction of sp³-hybridized carbons (Fsp3) is 0.690. The second-order valence-electron chi connectivity index (χ2n) is 11.7. The molecule has 1 aliphatic rings. The number of amides is 1. The number of nitrogens with zero attached hydrogens (tertiary/aromatic N) is 1. The zero-order valence-electron chi connectivity index (χ0n) is 23.4. The minimum Gasteiger partial charge on any atom is -0.507 e. The number of phenols is 1. The van der Waals surface area contributed by atoms with Crippen molar-refractivity contribution in [2.75, 3.05) is 26.3 Å². The number of carbonyl (C=O) groups excluding carboxylic acids is 3. The highest BCUT2D eigenvalue weighted by atomic mass is 16.6. The van der Waals surface area contributed by atoms with Crippen LogP contribution in [0.25, 0.3) is 0 Å². The number of benzene rings is 1. The van der Waals surface area contributed by atoms with Gasteiger partial charge in [0.2, 0.25) is 5.91 Å². The summed E-state index contributed by atoms with van der Waals surface area (Å²) < 4.78 is 10.6. The first-order valence-electron chi connectivity index (χ1n) is 13.2. The van der Waals surface area contributed by atoms with Crippen LogP contribution in [-0.4, -0.2) is 54.2 Å². The van der Waals surface area contributed by atoms with Gasteiger partial charge in [-0.1, -0.05) is 53.7 Å². The molecular weight excluding hydrogens is 458 g/mol. The van der Waals surface area contributed by atoms with Gasteiger partial charge in [-0.05, 0) is 60.6 Å². The van der Waals surface area contributed by atoms with Gasteiger partial charge in [-0.2, -0.15) is 0 Å². The van der Waals surface area contributed by atoms with Crippen LogP contribution < -0.4 is 0 Å². The molecule has 36 heavy (non-hydrogen) atoms. The molecule has 1 amide bonds. The molecule has 7 nitrogen and oxygen atoms in total. The Hall–Kier alpha value is -2.57. The van der Waals surface area contributed by atoms with Crippen molar-refractivity contribution >= 4 is 17.8 Å². The minimum absolute atomic E-state index is 0.00513. The zero-order valence-corrected chi connectivity index (χ0v) is 23.4. The van der Waals surface area contributed by atoms with Crippen molar-refractivity contribution in [2.45, 2.75) is 97.8 Å². The summed E-state index contributed by atoms with van der Waals surface area (Å²) >= 11 is 0. The van der Waals surface area contributed by atoms with E-state index in [2.05, 4.69) is 20.8 Å². The summed E-state index contributed by atoms with van der Waals surface area (Å²) in [5.74, 6) is -3.93. The second-order valence-corrected chi connectivity index (χ2v) is 11.7. The Morgan fingerprint density at radius 3 is 1.86 bits per heavy atom. The standard InChI is InChI=1S/C29H45NO6/c1-9-35-26(33)24(27(34)36-10-2)20(18-23(31)30-14-12-11-13-15-30)21-16-19(28(3,4)5)17-22(25(21)32)29(6,7)8/h16-17,20,24,32H,9-15,18H2,1-8H3. The fourth-order valence-corrected chi connectivity index (χ4v) is 4.70. The largest absolute Gasteiger partial charge is 0.507 e. The van der Waals surface area contributed by atoms with Crippen LogP contribution in [0.1, 0.15) is 104 Å². The van der Waals surface area contributed by atoms with Gasteiger partial charge in [-0.3, -0.25) is 14.4 Å². The predicted molar refractivity (Wildman–Crippen MR) is 140 cm³/mol. The van der Waals surface area contributed by atoms with Crippen molar-refractivity contribution in [1.29, 1.82) is 0 Å². The van der Waals surface area contributed by atoms with Gasteiger partial charge in [-0.25, -0.2) is 0 Å². The molecule has 0 spiro atoms. The van der Waals surface area contributed by atoms with E-state index in [0.717, 1.165) is 24.8 Å². The van der Waals surface area contributed by atoms with Crippen LogP contribution in [0.15, 0.2) is 12.1 Å². The van der Waals surface area contributed by atoms with E-state index in [4.69, 9.17) is 9.47 Å². The van der Waals surface area contributed by atoms with Crippen LogP contribution in [0.3, 0.4) is 0 Å². The maximum atomic E-state index is 13.5. The third-order valence-corrected chi connectivity index (χ3v) is 6.80. The monoisotopic (exact) mass is 503 g/mol. The van der Waals surface area contributed by atoms with Crippen molar-refractivity contribution in [3.05, 3.63) is 28.8 Å². The molecule has 1 fully saturated rings. The molecule has 1 heterocycles. The van der Waals surface area contributed by atoms with Crippen molar-refractivity contribution in [1.82, 2.24) is 4.90 Å². The average molecular weight is 504 g/mol. The van der Waals surface area contributed by atoms with Gasteiger partial charge in [0.1, 0.15) is 5.75 Å². The molecule has 0 saturated carbocycles. The molecule has 1 N–H and O–H groups in total. The van der Waals surface area contributed by atoms with E-state index in [1.54, 1.807) is 18.7 Å². The number of phenolic OH excluding ortho intramolecular Hbond substituents is 1. The van der Waals surface area contributed by atoms with E-state index in [-0.39, 0.29) is 36.7 Å².